The van der Waals surface area contributed by atoms with Crippen molar-refractivity contribution in [2.75, 3.05) is 19.8 Å². The number of carbonyl (C=O) groups excluding carboxylic acids is 2. The van der Waals surface area contributed by atoms with Crippen molar-refractivity contribution in [3.8, 4) is 0 Å². The maximum Gasteiger partial charge on any atom is 0.338 e. The Labute approximate surface area is 274 Å². The fourth-order valence-electron chi connectivity index (χ4n) is 9.63. The van der Waals surface area contributed by atoms with Gasteiger partial charge in [-0.25, -0.2) is 9.59 Å². The normalized spacial score (nSPS) is 36.5. The van der Waals surface area contributed by atoms with Crippen LogP contribution in [-0.4, -0.2) is 54.9 Å². The molecular formula is C39H52O7. The van der Waals surface area contributed by atoms with Crippen molar-refractivity contribution in [3.05, 3.63) is 70.8 Å². The Hall–Kier alpha value is -2.74. The van der Waals surface area contributed by atoms with Crippen LogP contribution in [0.2, 0.25) is 0 Å². The van der Waals surface area contributed by atoms with Crippen LogP contribution < -0.4 is 0 Å². The summed E-state index contributed by atoms with van der Waals surface area (Å²) in [7, 11) is 0. The van der Waals surface area contributed by atoms with Crippen LogP contribution in [0.5, 0.6) is 0 Å². The predicted octanol–water partition coefficient (Wildman–Crippen LogP) is 8.00. The Balaban J connectivity index is 1.27. The highest BCUT2D eigenvalue weighted by molar-refractivity contribution is 5.91. The molecule has 0 amide bonds. The third-order valence-corrected chi connectivity index (χ3v) is 12.4. The van der Waals surface area contributed by atoms with Gasteiger partial charge in [0, 0.05) is 17.3 Å². The summed E-state index contributed by atoms with van der Waals surface area (Å²) in [6.07, 6.45) is 6.28. The number of hydrogen-bond acceptors (Lipinski definition) is 7. The van der Waals surface area contributed by atoms with Crippen molar-refractivity contribution in [2.24, 2.45) is 22.7 Å². The maximum absolute atomic E-state index is 13.4. The minimum atomic E-state index is -0.775. The fraction of sp³-hybridized carbons (Fsp3) is 0.641. The van der Waals surface area contributed by atoms with Crippen molar-refractivity contribution >= 4 is 11.9 Å². The van der Waals surface area contributed by atoms with Crippen LogP contribution in [0.4, 0.5) is 0 Å². The van der Waals surface area contributed by atoms with Gasteiger partial charge in [0.15, 0.2) is 5.79 Å². The van der Waals surface area contributed by atoms with Crippen molar-refractivity contribution in [1.82, 2.24) is 0 Å². The van der Waals surface area contributed by atoms with E-state index in [-0.39, 0.29) is 42.1 Å². The van der Waals surface area contributed by atoms with E-state index in [0.29, 0.717) is 36.0 Å². The zero-order chi connectivity index (χ0) is 33.0. The molecule has 1 spiro atoms. The molecule has 2 saturated heterocycles. The van der Waals surface area contributed by atoms with E-state index in [2.05, 4.69) is 20.8 Å². The summed E-state index contributed by atoms with van der Waals surface area (Å²) in [6, 6.07) is 14.9. The molecule has 0 unspecified atom stereocenters. The van der Waals surface area contributed by atoms with E-state index >= 15 is 0 Å². The monoisotopic (exact) mass is 632 g/mol. The molecule has 2 aliphatic carbocycles. The lowest BCUT2D eigenvalue weighted by Crippen LogP contribution is -2.69. The number of benzene rings is 2. The zero-order valence-electron chi connectivity index (χ0n) is 28.8. The van der Waals surface area contributed by atoms with Gasteiger partial charge in [-0.05, 0) is 101 Å². The van der Waals surface area contributed by atoms with E-state index in [4.69, 9.17) is 23.7 Å². The predicted molar refractivity (Wildman–Crippen MR) is 176 cm³/mol. The molecule has 2 saturated carbocycles. The fourth-order valence-corrected chi connectivity index (χ4v) is 9.63. The van der Waals surface area contributed by atoms with Crippen LogP contribution in [0.25, 0.3) is 0 Å². The molecule has 7 heteroatoms. The molecule has 4 aliphatic rings. The second kappa shape index (κ2) is 12.1. The van der Waals surface area contributed by atoms with E-state index in [0.717, 1.165) is 49.7 Å². The van der Waals surface area contributed by atoms with Gasteiger partial charge >= 0.3 is 11.9 Å². The van der Waals surface area contributed by atoms with Gasteiger partial charge in [-0.2, -0.15) is 0 Å². The molecule has 0 bridgehead atoms. The molecule has 0 radical (unpaired) electrons. The number of rotatable bonds is 7. The lowest BCUT2D eigenvalue weighted by Gasteiger charge is -2.67. The molecule has 2 aliphatic heterocycles. The molecule has 2 heterocycles. The van der Waals surface area contributed by atoms with Gasteiger partial charge in [0.2, 0.25) is 0 Å². The second-order valence-electron chi connectivity index (χ2n) is 15.6. The molecule has 7 nitrogen and oxygen atoms in total. The summed E-state index contributed by atoms with van der Waals surface area (Å²) in [5.74, 6) is -0.600. The third kappa shape index (κ3) is 5.60. The van der Waals surface area contributed by atoms with E-state index in [1.54, 1.807) is 12.1 Å². The standard InChI is InChI=1S/C39H52O7/c1-26-12-8-10-14-29(26)33(40)42-23-22-38(25-43-34(41)30-15-11-9-13-27(30)2)20-21-39(46-38)28(3)16-17-31-36(6)24-44-35(4,5)45-32(36)18-19-37(31,39)7/h8-15,28,31-32H,16-25H2,1-7H3/t28-,31+,32+,36+,37+,38+,39-/m1/s1. The van der Waals surface area contributed by atoms with Crippen molar-refractivity contribution < 1.29 is 33.3 Å². The van der Waals surface area contributed by atoms with Gasteiger partial charge in [0.1, 0.15) is 12.2 Å². The summed E-state index contributed by atoms with van der Waals surface area (Å²) in [4.78, 5) is 26.4. The van der Waals surface area contributed by atoms with Crippen LogP contribution in [0.1, 0.15) is 111 Å². The number of hydrogen-bond donors (Lipinski definition) is 0. The van der Waals surface area contributed by atoms with E-state index < -0.39 is 17.0 Å². The Kier molecular flexibility index (Phi) is 8.69. The molecular weight excluding hydrogens is 580 g/mol. The summed E-state index contributed by atoms with van der Waals surface area (Å²) >= 11 is 0. The van der Waals surface area contributed by atoms with Crippen LogP contribution in [0.15, 0.2) is 48.5 Å². The van der Waals surface area contributed by atoms with Crippen molar-refractivity contribution in [2.45, 2.75) is 117 Å². The van der Waals surface area contributed by atoms with Crippen molar-refractivity contribution in [3.63, 3.8) is 0 Å². The second-order valence-corrected chi connectivity index (χ2v) is 15.6. The molecule has 250 valence electrons. The lowest BCUT2D eigenvalue weighted by molar-refractivity contribution is -0.359. The topological polar surface area (TPSA) is 80.3 Å². The van der Waals surface area contributed by atoms with Crippen molar-refractivity contribution in [1.29, 1.82) is 0 Å². The van der Waals surface area contributed by atoms with Gasteiger partial charge in [0.05, 0.1) is 36.0 Å². The van der Waals surface area contributed by atoms with Crippen LogP contribution in [-0.2, 0) is 23.7 Å². The van der Waals surface area contributed by atoms with Crippen LogP contribution >= 0.6 is 0 Å². The van der Waals surface area contributed by atoms with Gasteiger partial charge < -0.3 is 23.7 Å². The molecule has 0 N–H and O–H groups in total. The highest BCUT2D eigenvalue weighted by atomic mass is 16.7. The quantitative estimate of drug-likeness (QED) is 0.286. The minimum absolute atomic E-state index is 0.109. The first-order valence-electron chi connectivity index (χ1n) is 17.2. The first kappa shape index (κ1) is 33.2. The number of aryl methyl sites for hydroxylation is 2. The Morgan fingerprint density at radius 1 is 0.826 bits per heavy atom. The molecule has 7 atom stereocenters. The van der Waals surface area contributed by atoms with Gasteiger partial charge in [-0.15, -0.1) is 0 Å². The molecule has 2 aromatic rings. The minimum Gasteiger partial charge on any atom is -0.462 e. The SMILES string of the molecule is Cc1ccccc1C(=O)OCC[C@]1(COC(=O)c2ccccc2C)CC[C@@]2(O1)[C@H](C)CC[C@H]1[C@]3(C)COC(C)(C)O[C@H]3CC[C@@]12C. The summed E-state index contributed by atoms with van der Waals surface area (Å²) in [6.45, 7) is 15.9. The first-order chi connectivity index (χ1) is 21.7. The maximum atomic E-state index is 13.4. The van der Waals surface area contributed by atoms with Gasteiger partial charge in [-0.1, -0.05) is 57.2 Å². The Bertz CT molecular complexity index is 1470. The van der Waals surface area contributed by atoms with Crippen LogP contribution in [0.3, 0.4) is 0 Å². The summed E-state index contributed by atoms with van der Waals surface area (Å²) in [5, 5.41) is 0. The van der Waals surface area contributed by atoms with Crippen LogP contribution in [0, 0.1) is 36.5 Å². The number of esters is 2. The summed E-state index contributed by atoms with van der Waals surface area (Å²) in [5.41, 5.74) is 1.44. The molecule has 6 rings (SSSR count). The number of fused-ring (bicyclic) bond motifs is 4. The zero-order valence-corrected chi connectivity index (χ0v) is 28.8. The summed E-state index contributed by atoms with van der Waals surface area (Å²) < 4.78 is 32.3. The van der Waals surface area contributed by atoms with Gasteiger partial charge in [0.25, 0.3) is 0 Å². The average molecular weight is 633 g/mol. The van der Waals surface area contributed by atoms with E-state index in [1.807, 2.05) is 64.1 Å². The molecule has 0 aromatic heterocycles. The number of carbonyl (C=O) groups is 2. The molecule has 4 fully saturated rings. The highest BCUT2D eigenvalue weighted by Gasteiger charge is 2.70. The Morgan fingerprint density at radius 3 is 2.11 bits per heavy atom. The highest BCUT2D eigenvalue weighted by Crippen LogP contribution is 2.69. The van der Waals surface area contributed by atoms with E-state index in [9.17, 15) is 9.59 Å². The largest absolute Gasteiger partial charge is 0.462 e. The molecule has 46 heavy (non-hydrogen) atoms. The van der Waals surface area contributed by atoms with E-state index in [1.165, 1.54) is 0 Å². The molecule has 2 aromatic carbocycles. The number of ether oxygens (including phenoxy) is 5. The van der Waals surface area contributed by atoms with Gasteiger partial charge in [-0.3, -0.25) is 0 Å². The Morgan fingerprint density at radius 2 is 1.46 bits per heavy atom. The third-order valence-electron chi connectivity index (χ3n) is 12.4. The first-order valence-corrected chi connectivity index (χ1v) is 17.2. The lowest BCUT2D eigenvalue weighted by atomic mass is 9.43. The average Bonchev–Trinajstić information content (AvgIpc) is 3.41. The smallest absolute Gasteiger partial charge is 0.338 e.